The third kappa shape index (κ3) is 2.88. The summed E-state index contributed by atoms with van der Waals surface area (Å²) in [6.07, 6.45) is 5.33. The number of imide groups is 1. The topological polar surface area (TPSA) is 66.5 Å². The van der Waals surface area contributed by atoms with E-state index in [1.54, 1.807) is 12.1 Å². The standard InChI is InChI=1S/C27H22N2O3/c30-23(28-22-7-3-5-17-4-1-2-6-21(17)22)14-16-8-12-20(13-9-16)29-26(31)24-18-10-11-19(15-18)25(24)27(29)32/h1-13,18-19,24-25H,14-15H2,(H,28,30). The molecule has 5 nitrogen and oxygen atoms in total. The van der Waals surface area contributed by atoms with Crippen molar-refractivity contribution in [1.29, 1.82) is 0 Å². The maximum absolute atomic E-state index is 13.0. The maximum Gasteiger partial charge on any atom is 0.238 e. The van der Waals surface area contributed by atoms with Crippen molar-refractivity contribution in [2.75, 3.05) is 10.2 Å². The number of anilines is 2. The molecule has 3 aliphatic rings. The number of amides is 3. The molecule has 0 spiro atoms. The Morgan fingerprint density at radius 1 is 0.844 bits per heavy atom. The normalized spacial score (nSPS) is 25.6. The second-order valence-electron chi connectivity index (χ2n) is 8.93. The first-order valence-corrected chi connectivity index (χ1v) is 11.0. The highest BCUT2D eigenvalue weighted by Crippen LogP contribution is 2.53. The summed E-state index contributed by atoms with van der Waals surface area (Å²) in [5.41, 5.74) is 2.20. The summed E-state index contributed by atoms with van der Waals surface area (Å²) in [5.74, 6) is -0.296. The van der Waals surface area contributed by atoms with Crippen molar-refractivity contribution in [3.8, 4) is 0 Å². The van der Waals surface area contributed by atoms with E-state index in [1.165, 1.54) is 4.90 Å². The molecule has 32 heavy (non-hydrogen) atoms. The molecule has 3 amide bonds. The zero-order valence-electron chi connectivity index (χ0n) is 17.4. The molecule has 158 valence electrons. The molecule has 0 aromatic heterocycles. The Morgan fingerprint density at radius 3 is 2.22 bits per heavy atom. The molecular weight excluding hydrogens is 400 g/mol. The van der Waals surface area contributed by atoms with Crippen molar-refractivity contribution in [2.24, 2.45) is 23.7 Å². The predicted octanol–water partition coefficient (Wildman–Crippen LogP) is 4.33. The Labute approximate surface area is 185 Å². The number of carbonyl (C=O) groups is 3. The van der Waals surface area contributed by atoms with Crippen molar-refractivity contribution < 1.29 is 14.4 Å². The van der Waals surface area contributed by atoms with Crippen molar-refractivity contribution in [1.82, 2.24) is 0 Å². The lowest BCUT2D eigenvalue weighted by molar-refractivity contribution is -0.123. The number of fused-ring (bicyclic) bond motifs is 6. The summed E-state index contributed by atoms with van der Waals surface area (Å²) in [7, 11) is 0. The maximum atomic E-state index is 13.0. The fraction of sp³-hybridized carbons (Fsp3) is 0.222. The molecule has 1 saturated carbocycles. The van der Waals surface area contributed by atoms with Crippen LogP contribution >= 0.6 is 0 Å². The van der Waals surface area contributed by atoms with Gasteiger partial charge in [0.05, 0.1) is 23.9 Å². The molecule has 0 radical (unpaired) electrons. The molecule has 3 aromatic carbocycles. The zero-order valence-corrected chi connectivity index (χ0v) is 17.4. The average molecular weight is 422 g/mol. The Balaban J connectivity index is 1.17. The van der Waals surface area contributed by atoms with Gasteiger partial charge in [-0.05, 0) is 47.4 Å². The van der Waals surface area contributed by atoms with Crippen LogP contribution < -0.4 is 10.2 Å². The van der Waals surface area contributed by atoms with Gasteiger partial charge in [-0.2, -0.15) is 0 Å². The Hall–Kier alpha value is -3.73. The van der Waals surface area contributed by atoms with Crippen molar-refractivity contribution in [3.05, 3.63) is 84.4 Å². The molecule has 4 unspecified atom stereocenters. The van der Waals surface area contributed by atoms with Gasteiger partial charge in [-0.3, -0.25) is 19.3 Å². The van der Waals surface area contributed by atoms with Gasteiger partial charge in [0.2, 0.25) is 17.7 Å². The van der Waals surface area contributed by atoms with Crippen LogP contribution in [0.2, 0.25) is 0 Å². The van der Waals surface area contributed by atoms with Gasteiger partial charge in [-0.15, -0.1) is 0 Å². The highest BCUT2D eigenvalue weighted by Gasteiger charge is 2.59. The number of hydrogen-bond acceptors (Lipinski definition) is 3. The lowest BCUT2D eigenvalue weighted by Gasteiger charge is -2.17. The zero-order chi connectivity index (χ0) is 21.8. The van der Waals surface area contributed by atoms with Crippen LogP contribution in [0.1, 0.15) is 12.0 Å². The largest absolute Gasteiger partial charge is 0.325 e. The van der Waals surface area contributed by atoms with Gasteiger partial charge in [-0.1, -0.05) is 60.7 Å². The van der Waals surface area contributed by atoms with Crippen molar-refractivity contribution in [3.63, 3.8) is 0 Å². The average Bonchev–Trinajstić information content (AvgIpc) is 3.48. The van der Waals surface area contributed by atoms with Gasteiger partial charge in [0, 0.05) is 11.1 Å². The summed E-state index contributed by atoms with van der Waals surface area (Å²) in [5, 5.41) is 5.07. The second-order valence-corrected chi connectivity index (χ2v) is 8.93. The lowest BCUT2D eigenvalue weighted by Crippen LogP contribution is -2.32. The number of hydrogen-bond donors (Lipinski definition) is 1. The number of benzene rings is 3. The smallest absolute Gasteiger partial charge is 0.238 e. The van der Waals surface area contributed by atoms with Crippen LogP contribution in [0.3, 0.4) is 0 Å². The van der Waals surface area contributed by atoms with E-state index in [9.17, 15) is 14.4 Å². The summed E-state index contributed by atoms with van der Waals surface area (Å²) < 4.78 is 0. The number of carbonyl (C=O) groups excluding carboxylic acids is 3. The molecule has 1 aliphatic heterocycles. The van der Waals surface area contributed by atoms with Crippen LogP contribution in [0.15, 0.2) is 78.9 Å². The van der Waals surface area contributed by atoms with E-state index in [2.05, 4.69) is 17.5 Å². The monoisotopic (exact) mass is 422 g/mol. The Morgan fingerprint density at radius 2 is 1.50 bits per heavy atom. The molecule has 4 atom stereocenters. The van der Waals surface area contributed by atoms with Crippen molar-refractivity contribution in [2.45, 2.75) is 12.8 Å². The summed E-state index contributed by atoms with van der Waals surface area (Å²) in [6.45, 7) is 0. The van der Waals surface area contributed by atoms with Crippen LogP contribution in [0, 0.1) is 23.7 Å². The van der Waals surface area contributed by atoms with E-state index in [-0.39, 0.29) is 47.8 Å². The molecule has 1 saturated heterocycles. The van der Waals surface area contributed by atoms with Crippen molar-refractivity contribution >= 4 is 39.9 Å². The minimum atomic E-state index is -0.205. The van der Waals surface area contributed by atoms with Crippen LogP contribution in [-0.2, 0) is 20.8 Å². The van der Waals surface area contributed by atoms with E-state index < -0.39 is 0 Å². The van der Waals surface area contributed by atoms with Crippen LogP contribution in [-0.4, -0.2) is 17.7 Å². The van der Waals surface area contributed by atoms with E-state index in [0.717, 1.165) is 28.4 Å². The predicted molar refractivity (Wildman–Crippen MR) is 123 cm³/mol. The molecule has 2 aliphatic carbocycles. The molecule has 1 N–H and O–H groups in total. The number of rotatable bonds is 4. The van der Waals surface area contributed by atoms with E-state index in [0.29, 0.717) is 5.69 Å². The van der Waals surface area contributed by atoms with E-state index >= 15 is 0 Å². The van der Waals surface area contributed by atoms with E-state index in [1.807, 2.05) is 54.6 Å². The number of nitrogens with one attached hydrogen (secondary N) is 1. The fourth-order valence-corrected chi connectivity index (χ4v) is 5.63. The van der Waals surface area contributed by atoms with Crippen LogP contribution in [0.4, 0.5) is 11.4 Å². The van der Waals surface area contributed by atoms with Gasteiger partial charge in [0.25, 0.3) is 0 Å². The molecule has 6 rings (SSSR count). The number of nitrogens with zero attached hydrogens (tertiary/aromatic N) is 1. The minimum Gasteiger partial charge on any atom is -0.325 e. The van der Waals surface area contributed by atoms with Crippen LogP contribution in [0.5, 0.6) is 0 Å². The first-order valence-electron chi connectivity index (χ1n) is 11.0. The first-order chi connectivity index (χ1) is 15.6. The summed E-state index contributed by atoms with van der Waals surface area (Å²) in [6, 6.07) is 20.9. The van der Waals surface area contributed by atoms with Gasteiger partial charge in [0.1, 0.15) is 0 Å². The van der Waals surface area contributed by atoms with Gasteiger partial charge < -0.3 is 5.32 Å². The molecular formula is C27H22N2O3. The minimum absolute atomic E-state index is 0.0849. The summed E-state index contributed by atoms with van der Waals surface area (Å²) in [4.78, 5) is 39.9. The quantitative estimate of drug-likeness (QED) is 0.503. The van der Waals surface area contributed by atoms with Gasteiger partial charge in [-0.25, -0.2) is 0 Å². The second kappa shape index (κ2) is 7.16. The highest BCUT2D eigenvalue weighted by molar-refractivity contribution is 6.22. The SMILES string of the molecule is O=C(Cc1ccc(N2C(=O)C3C4C=CC(C4)C3C2=O)cc1)Nc1cccc2ccccc12. The lowest BCUT2D eigenvalue weighted by atomic mass is 9.85. The fourth-order valence-electron chi connectivity index (χ4n) is 5.63. The molecule has 1 heterocycles. The molecule has 3 aromatic rings. The molecule has 2 fully saturated rings. The first kappa shape index (κ1) is 19.0. The molecule has 2 bridgehead atoms. The molecule has 5 heteroatoms. The Bertz CT molecular complexity index is 1260. The third-order valence-electron chi connectivity index (χ3n) is 7.09. The van der Waals surface area contributed by atoms with Gasteiger partial charge in [0.15, 0.2) is 0 Å². The highest BCUT2D eigenvalue weighted by atomic mass is 16.2. The van der Waals surface area contributed by atoms with Gasteiger partial charge >= 0.3 is 0 Å². The Kier molecular flexibility index (Phi) is 4.25. The van der Waals surface area contributed by atoms with Crippen LogP contribution in [0.25, 0.3) is 10.8 Å². The summed E-state index contributed by atoms with van der Waals surface area (Å²) >= 11 is 0. The van der Waals surface area contributed by atoms with E-state index in [4.69, 9.17) is 0 Å². The third-order valence-corrected chi connectivity index (χ3v) is 7.09. The number of allylic oxidation sites excluding steroid dienone is 2.